The molecule has 0 bridgehead atoms. The molecule has 11 unspecified atom stereocenters. The molecule has 11 atom stereocenters. The highest BCUT2D eigenvalue weighted by molar-refractivity contribution is 5.69. The summed E-state index contributed by atoms with van der Waals surface area (Å²) in [5.74, 6) is -0.431. The monoisotopic (exact) mass is 873 g/mol. The Morgan fingerprint density at radius 1 is 0.541 bits per heavy atom. The number of aliphatic hydroxyl groups is 7. The Labute approximate surface area is 366 Å². The Morgan fingerprint density at radius 3 is 1.56 bits per heavy atom. The lowest BCUT2D eigenvalue weighted by atomic mass is 9.98. The fraction of sp³-hybridized carbons (Fsp3) is 0.851. The second-order valence-electron chi connectivity index (χ2n) is 16.6. The molecule has 7 N–H and O–H groups in total. The van der Waals surface area contributed by atoms with Crippen LogP contribution in [0.2, 0.25) is 0 Å². The van der Waals surface area contributed by atoms with Crippen LogP contribution in [0.5, 0.6) is 0 Å². The summed E-state index contributed by atoms with van der Waals surface area (Å²) in [5, 5.41) is 71.3. The molecule has 2 aliphatic heterocycles. The molecule has 0 aromatic heterocycles. The maximum Gasteiger partial charge on any atom is 0.306 e. The molecule has 0 aromatic rings. The van der Waals surface area contributed by atoms with Crippen LogP contribution < -0.4 is 0 Å². The lowest BCUT2D eigenvalue weighted by molar-refractivity contribution is -0.332. The van der Waals surface area contributed by atoms with Crippen molar-refractivity contribution in [1.82, 2.24) is 0 Å². The Bertz CT molecular complexity index is 1150. The number of esters is 1. The SMILES string of the molecule is CCCCCCC/C=C\C/C=C\C/C=C\CCCCCCCCCCCCCOCC(COC1OC(COC2OC(CO)C(O)C(O)C2O)C(O)C(O)C1O)OC(=O)CCC. The average Bonchev–Trinajstić information content (AvgIpc) is 3.25. The zero-order chi connectivity index (χ0) is 44.5. The van der Waals surface area contributed by atoms with Gasteiger partial charge in [-0.1, -0.05) is 134 Å². The van der Waals surface area contributed by atoms with Gasteiger partial charge in [0.2, 0.25) is 0 Å². The standard InChI is InChI=1S/C47H84O14/c1-3-5-6-7-8-9-10-11-12-13-14-15-16-17-18-19-20-21-22-23-24-25-26-27-28-29-31-56-33-36(59-39(49)30-4-2)34-57-46-45(55)43(53)41(51)38(61-46)35-58-47-44(54)42(52)40(50)37(32-48)60-47/h10-11,13-14,16-17,36-38,40-48,50-55H,3-9,12,15,18-35H2,1-2H3/b11-10-,14-13-,17-16-. The molecule has 14 nitrogen and oxygen atoms in total. The summed E-state index contributed by atoms with van der Waals surface area (Å²) in [7, 11) is 0. The molecule has 2 fully saturated rings. The predicted molar refractivity (Wildman–Crippen MR) is 233 cm³/mol. The van der Waals surface area contributed by atoms with E-state index in [-0.39, 0.29) is 19.6 Å². The van der Waals surface area contributed by atoms with Crippen LogP contribution in [0.1, 0.15) is 155 Å². The molecule has 0 amide bonds. The summed E-state index contributed by atoms with van der Waals surface area (Å²) in [5.41, 5.74) is 0. The van der Waals surface area contributed by atoms with Crippen LogP contribution in [0.4, 0.5) is 0 Å². The first kappa shape index (κ1) is 55.3. The third kappa shape index (κ3) is 24.2. The summed E-state index contributed by atoms with van der Waals surface area (Å²) in [4.78, 5) is 12.3. The topological polar surface area (TPSA) is 214 Å². The molecule has 2 saturated heterocycles. The van der Waals surface area contributed by atoms with Crippen molar-refractivity contribution in [2.75, 3.05) is 33.0 Å². The van der Waals surface area contributed by atoms with Crippen molar-refractivity contribution in [3.8, 4) is 0 Å². The van der Waals surface area contributed by atoms with E-state index in [1.54, 1.807) is 0 Å². The van der Waals surface area contributed by atoms with E-state index in [0.717, 1.165) is 32.1 Å². The number of hydrogen-bond acceptors (Lipinski definition) is 14. The highest BCUT2D eigenvalue weighted by Gasteiger charge is 2.47. The van der Waals surface area contributed by atoms with E-state index in [1.165, 1.54) is 96.3 Å². The van der Waals surface area contributed by atoms with Crippen LogP contribution in [0.25, 0.3) is 0 Å². The van der Waals surface area contributed by atoms with Gasteiger partial charge in [-0.3, -0.25) is 4.79 Å². The minimum atomic E-state index is -1.70. The van der Waals surface area contributed by atoms with Gasteiger partial charge in [-0.05, 0) is 51.4 Å². The van der Waals surface area contributed by atoms with E-state index in [4.69, 9.17) is 28.4 Å². The molecule has 14 heteroatoms. The van der Waals surface area contributed by atoms with Crippen molar-refractivity contribution in [1.29, 1.82) is 0 Å². The molecule has 2 heterocycles. The van der Waals surface area contributed by atoms with Crippen molar-refractivity contribution in [3.05, 3.63) is 36.5 Å². The maximum absolute atomic E-state index is 12.3. The minimum Gasteiger partial charge on any atom is -0.457 e. The first-order valence-electron chi connectivity index (χ1n) is 23.6. The van der Waals surface area contributed by atoms with Crippen LogP contribution in [0.3, 0.4) is 0 Å². The smallest absolute Gasteiger partial charge is 0.306 e. The maximum atomic E-state index is 12.3. The summed E-state index contributed by atoms with van der Waals surface area (Å²) in [6.45, 7) is 3.28. The quantitative estimate of drug-likeness (QED) is 0.0224. The van der Waals surface area contributed by atoms with Crippen LogP contribution in [0, 0.1) is 0 Å². The summed E-state index contributed by atoms with van der Waals surface area (Å²) >= 11 is 0. The Balaban J connectivity index is 1.54. The minimum absolute atomic E-state index is 0.0537. The van der Waals surface area contributed by atoms with Crippen molar-refractivity contribution in [2.24, 2.45) is 0 Å². The third-order valence-corrected chi connectivity index (χ3v) is 11.1. The molecule has 356 valence electrons. The predicted octanol–water partition coefficient (Wildman–Crippen LogP) is 5.85. The third-order valence-electron chi connectivity index (χ3n) is 11.1. The van der Waals surface area contributed by atoms with E-state index in [0.29, 0.717) is 13.0 Å². The van der Waals surface area contributed by atoms with Gasteiger partial charge < -0.3 is 64.2 Å². The van der Waals surface area contributed by atoms with Crippen LogP contribution in [-0.4, -0.2) is 142 Å². The fourth-order valence-electron chi connectivity index (χ4n) is 7.27. The van der Waals surface area contributed by atoms with E-state index in [9.17, 15) is 40.5 Å². The molecule has 2 aliphatic rings. The van der Waals surface area contributed by atoms with E-state index in [2.05, 4.69) is 43.4 Å². The average molecular weight is 873 g/mol. The first-order chi connectivity index (χ1) is 29.6. The number of carbonyl (C=O) groups excluding carboxylic acids is 1. The summed E-state index contributed by atoms with van der Waals surface area (Å²) < 4.78 is 33.6. The molecule has 2 rings (SSSR count). The van der Waals surface area contributed by atoms with Gasteiger partial charge in [0, 0.05) is 13.0 Å². The van der Waals surface area contributed by atoms with Crippen molar-refractivity contribution < 1.29 is 69.0 Å². The molecule has 61 heavy (non-hydrogen) atoms. The molecular formula is C47H84O14. The Morgan fingerprint density at radius 2 is 1.02 bits per heavy atom. The molecule has 0 spiro atoms. The number of allylic oxidation sites excluding steroid dienone is 6. The lowest BCUT2D eigenvalue weighted by Crippen LogP contribution is -2.61. The number of carbonyl (C=O) groups is 1. The molecule has 0 aliphatic carbocycles. The summed E-state index contributed by atoms with van der Waals surface area (Å²) in [6.07, 6.45) is 22.7. The Hall–Kier alpha value is -1.79. The normalized spacial score (nSPS) is 27.8. The molecule has 0 radical (unpaired) electrons. The van der Waals surface area contributed by atoms with Gasteiger partial charge in [0.25, 0.3) is 0 Å². The number of unbranched alkanes of at least 4 members (excludes halogenated alkanes) is 16. The lowest BCUT2D eigenvalue weighted by Gasteiger charge is -2.42. The van der Waals surface area contributed by atoms with Crippen LogP contribution >= 0.6 is 0 Å². The zero-order valence-corrected chi connectivity index (χ0v) is 37.4. The fourth-order valence-corrected chi connectivity index (χ4v) is 7.27. The van der Waals surface area contributed by atoms with Gasteiger partial charge in [0.05, 0.1) is 26.4 Å². The highest BCUT2D eigenvalue weighted by atomic mass is 16.7. The zero-order valence-electron chi connectivity index (χ0n) is 37.4. The number of ether oxygens (including phenoxy) is 6. The number of aliphatic hydroxyl groups excluding tert-OH is 7. The van der Waals surface area contributed by atoms with Crippen LogP contribution in [0.15, 0.2) is 36.5 Å². The highest BCUT2D eigenvalue weighted by Crippen LogP contribution is 2.26. The van der Waals surface area contributed by atoms with Crippen LogP contribution in [-0.2, 0) is 33.2 Å². The summed E-state index contributed by atoms with van der Waals surface area (Å²) in [6, 6.07) is 0. The first-order valence-corrected chi connectivity index (χ1v) is 23.6. The van der Waals surface area contributed by atoms with Crippen molar-refractivity contribution in [3.63, 3.8) is 0 Å². The van der Waals surface area contributed by atoms with E-state index >= 15 is 0 Å². The van der Waals surface area contributed by atoms with Gasteiger partial charge in [0.15, 0.2) is 12.6 Å². The largest absolute Gasteiger partial charge is 0.457 e. The molecule has 0 aromatic carbocycles. The van der Waals surface area contributed by atoms with E-state index < -0.39 is 86.7 Å². The number of hydrogen-bond donors (Lipinski definition) is 7. The Kier molecular flexibility index (Phi) is 32.2. The van der Waals surface area contributed by atoms with Gasteiger partial charge in [-0.2, -0.15) is 0 Å². The van der Waals surface area contributed by atoms with Gasteiger partial charge in [0.1, 0.15) is 54.9 Å². The second-order valence-corrected chi connectivity index (χ2v) is 16.6. The molecular weight excluding hydrogens is 789 g/mol. The van der Waals surface area contributed by atoms with Crippen molar-refractivity contribution >= 4 is 5.97 Å². The second kappa shape index (κ2) is 35.5. The van der Waals surface area contributed by atoms with Gasteiger partial charge in [-0.15, -0.1) is 0 Å². The van der Waals surface area contributed by atoms with Crippen molar-refractivity contribution in [2.45, 2.75) is 223 Å². The number of rotatable bonds is 36. The van der Waals surface area contributed by atoms with Gasteiger partial charge >= 0.3 is 5.97 Å². The van der Waals surface area contributed by atoms with Gasteiger partial charge in [-0.25, -0.2) is 0 Å². The molecule has 0 saturated carbocycles. The van der Waals surface area contributed by atoms with E-state index in [1.807, 2.05) is 6.92 Å².